The van der Waals surface area contributed by atoms with E-state index in [-0.39, 0.29) is 11.1 Å². The van der Waals surface area contributed by atoms with E-state index in [1.165, 1.54) is 0 Å². The Balaban J connectivity index is 2.68. The minimum atomic E-state index is -1.79. The van der Waals surface area contributed by atoms with E-state index in [1.807, 2.05) is 0 Å². The summed E-state index contributed by atoms with van der Waals surface area (Å²) < 4.78 is 6.24. The first-order valence-electron chi connectivity index (χ1n) is 6.26. The van der Waals surface area contributed by atoms with Gasteiger partial charge in [0.15, 0.2) is 8.32 Å². The van der Waals surface area contributed by atoms with Gasteiger partial charge in [0.1, 0.15) is 12.6 Å². The maximum Gasteiger partial charge on any atom is 0.192 e. The molecule has 1 fully saturated rings. The van der Waals surface area contributed by atoms with Crippen LogP contribution in [0.2, 0.25) is 18.1 Å². The largest absolute Gasteiger partial charge is 0.414 e. The Morgan fingerprint density at radius 3 is 2.12 bits per heavy atom. The number of hydrogen-bond donors (Lipinski definition) is 0. The van der Waals surface area contributed by atoms with Crippen LogP contribution in [0.5, 0.6) is 0 Å². The molecule has 1 atom stereocenters. The Kier molecular flexibility index (Phi) is 3.99. The molecule has 0 aromatic carbocycles. The third kappa shape index (κ3) is 3.04. The molecule has 4 heteroatoms. The van der Waals surface area contributed by atoms with Gasteiger partial charge in [-0.3, -0.25) is 0 Å². The van der Waals surface area contributed by atoms with E-state index in [9.17, 15) is 9.59 Å². The predicted molar refractivity (Wildman–Crippen MR) is 70.5 cm³/mol. The van der Waals surface area contributed by atoms with Crippen LogP contribution in [0.1, 0.15) is 40.0 Å². The van der Waals surface area contributed by atoms with Crippen molar-refractivity contribution >= 4 is 20.9 Å². The molecule has 0 bridgehead atoms. The van der Waals surface area contributed by atoms with E-state index in [2.05, 4.69) is 33.9 Å². The zero-order valence-corrected chi connectivity index (χ0v) is 12.6. The van der Waals surface area contributed by atoms with Crippen molar-refractivity contribution in [2.24, 2.45) is 5.41 Å². The highest BCUT2D eigenvalue weighted by Crippen LogP contribution is 2.42. The lowest BCUT2D eigenvalue weighted by Crippen LogP contribution is -2.43. The molecule has 98 valence electrons. The molecule has 1 saturated carbocycles. The average molecular weight is 256 g/mol. The van der Waals surface area contributed by atoms with Crippen LogP contribution in [0.4, 0.5) is 0 Å². The van der Waals surface area contributed by atoms with E-state index in [4.69, 9.17) is 4.43 Å². The van der Waals surface area contributed by atoms with Gasteiger partial charge in [0, 0.05) is 6.10 Å². The van der Waals surface area contributed by atoms with Gasteiger partial charge in [0.25, 0.3) is 0 Å². The van der Waals surface area contributed by atoms with Crippen molar-refractivity contribution in [1.29, 1.82) is 0 Å². The number of carbonyl (C=O) groups is 2. The third-order valence-electron chi connectivity index (χ3n) is 4.28. The lowest BCUT2D eigenvalue weighted by molar-refractivity contribution is -0.126. The summed E-state index contributed by atoms with van der Waals surface area (Å²) in [6, 6.07) is 0. The monoisotopic (exact) mass is 256 g/mol. The summed E-state index contributed by atoms with van der Waals surface area (Å²) in [7, 11) is -1.79. The zero-order valence-electron chi connectivity index (χ0n) is 11.6. The van der Waals surface area contributed by atoms with Gasteiger partial charge in [-0.05, 0) is 37.4 Å². The van der Waals surface area contributed by atoms with E-state index >= 15 is 0 Å². The zero-order chi connectivity index (χ0) is 13.3. The van der Waals surface area contributed by atoms with Crippen molar-refractivity contribution in [1.82, 2.24) is 0 Å². The highest BCUT2D eigenvalue weighted by atomic mass is 28.4. The van der Waals surface area contributed by atoms with Gasteiger partial charge >= 0.3 is 0 Å². The molecule has 0 amide bonds. The Bertz CT molecular complexity index is 296. The number of hydrogen-bond acceptors (Lipinski definition) is 3. The van der Waals surface area contributed by atoms with E-state index in [0.717, 1.165) is 19.0 Å². The van der Waals surface area contributed by atoms with Gasteiger partial charge in [0.2, 0.25) is 0 Å². The van der Waals surface area contributed by atoms with Gasteiger partial charge < -0.3 is 14.0 Å². The fourth-order valence-corrected chi connectivity index (χ4v) is 3.38. The summed E-state index contributed by atoms with van der Waals surface area (Å²) in [4.78, 5) is 22.0. The molecule has 1 unspecified atom stereocenters. The summed E-state index contributed by atoms with van der Waals surface area (Å²) in [6.07, 6.45) is 3.70. The molecule has 0 radical (unpaired) electrons. The van der Waals surface area contributed by atoms with Crippen molar-refractivity contribution in [2.75, 3.05) is 0 Å². The van der Waals surface area contributed by atoms with Gasteiger partial charge in [0.05, 0.1) is 5.41 Å². The Morgan fingerprint density at radius 2 is 1.76 bits per heavy atom. The van der Waals surface area contributed by atoms with Crippen molar-refractivity contribution < 1.29 is 14.0 Å². The second-order valence-electron chi connectivity index (χ2n) is 6.71. The normalized spacial score (nSPS) is 24.6. The Morgan fingerprint density at radius 1 is 1.24 bits per heavy atom. The first-order chi connectivity index (χ1) is 7.66. The molecule has 1 rings (SSSR count). The fraction of sp³-hybridized carbons (Fsp3) is 0.846. The summed E-state index contributed by atoms with van der Waals surface area (Å²) >= 11 is 0. The second kappa shape index (κ2) is 4.65. The topological polar surface area (TPSA) is 43.4 Å². The first-order valence-corrected chi connectivity index (χ1v) is 9.17. The molecule has 0 aromatic heterocycles. The van der Waals surface area contributed by atoms with E-state index in [0.29, 0.717) is 12.8 Å². The maximum absolute atomic E-state index is 11.0. The third-order valence-corrected chi connectivity index (χ3v) is 8.81. The Hall–Kier alpha value is -0.483. The molecule has 1 aliphatic rings. The van der Waals surface area contributed by atoms with E-state index < -0.39 is 13.7 Å². The Labute approximate surface area is 105 Å². The van der Waals surface area contributed by atoms with Crippen molar-refractivity contribution in [3.63, 3.8) is 0 Å². The maximum atomic E-state index is 11.0. The summed E-state index contributed by atoms with van der Waals surface area (Å²) in [6.45, 7) is 11.0. The van der Waals surface area contributed by atoms with Crippen LogP contribution in [-0.2, 0) is 14.0 Å². The molecule has 0 saturated heterocycles. The van der Waals surface area contributed by atoms with Crippen LogP contribution in [0.15, 0.2) is 0 Å². The molecule has 0 N–H and O–H groups in total. The molecule has 0 heterocycles. The standard InChI is InChI=1S/C13H24O3Si/c1-12(2,3)17(4,5)16-11-6-7-13(8-11,9-14)10-15/h9-11H,6-8H2,1-5H3. The molecule has 0 spiro atoms. The molecule has 3 nitrogen and oxygen atoms in total. The highest BCUT2D eigenvalue weighted by molar-refractivity contribution is 6.74. The van der Waals surface area contributed by atoms with E-state index in [1.54, 1.807) is 0 Å². The molecule has 1 aliphatic carbocycles. The van der Waals surface area contributed by atoms with Crippen molar-refractivity contribution in [3.8, 4) is 0 Å². The SMILES string of the molecule is CC(C)(C)[Si](C)(C)OC1CCC(C=O)(C=O)C1. The fourth-order valence-electron chi connectivity index (χ4n) is 1.99. The quantitative estimate of drug-likeness (QED) is 0.441. The van der Waals surface area contributed by atoms with Gasteiger partial charge in [-0.2, -0.15) is 0 Å². The van der Waals surface area contributed by atoms with Crippen LogP contribution in [0.3, 0.4) is 0 Å². The predicted octanol–water partition coefficient (Wildman–Crippen LogP) is 2.94. The van der Waals surface area contributed by atoms with Crippen LogP contribution < -0.4 is 0 Å². The van der Waals surface area contributed by atoms with Crippen molar-refractivity contribution in [3.05, 3.63) is 0 Å². The van der Waals surface area contributed by atoms with Gasteiger partial charge in [-0.25, -0.2) is 0 Å². The van der Waals surface area contributed by atoms with Crippen molar-refractivity contribution in [2.45, 2.75) is 64.3 Å². The van der Waals surface area contributed by atoms with Gasteiger partial charge in [-0.1, -0.05) is 20.8 Å². The lowest BCUT2D eigenvalue weighted by atomic mass is 9.90. The number of aldehydes is 2. The first kappa shape index (κ1) is 14.6. The smallest absolute Gasteiger partial charge is 0.192 e. The lowest BCUT2D eigenvalue weighted by Gasteiger charge is -2.38. The molecule has 0 aliphatic heterocycles. The summed E-state index contributed by atoms with van der Waals surface area (Å²) in [5, 5.41) is 0.167. The molecule has 0 aromatic rings. The molecular weight excluding hydrogens is 232 g/mol. The average Bonchev–Trinajstić information content (AvgIpc) is 2.60. The van der Waals surface area contributed by atoms with Crippen LogP contribution in [0, 0.1) is 5.41 Å². The summed E-state index contributed by atoms with van der Waals surface area (Å²) in [5.41, 5.74) is -0.771. The second-order valence-corrected chi connectivity index (χ2v) is 11.5. The van der Waals surface area contributed by atoms with Crippen LogP contribution in [-0.4, -0.2) is 27.0 Å². The number of rotatable bonds is 4. The number of carbonyl (C=O) groups excluding carboxylic acids is 2. The molecule has 17 heavy (non-hydrogen) atoms. The summed E-state index contributed by atoms with van der Waals surface area (Å²) in [5.74, 6) is 0. The molecular formula is C13H24O3Si. The van der Waals surface area contributed by atoms with Gasteiger partial charge in [-0.15, -0.1) is 0 Å². The van der Waals surface area contributed by atoms with Crippen LogP contribution >= 0.6 is 0 Å². The minimum absolute atomic E-state index is 0.0753. The highest BCUT2D eigenvalue weighted by Gasteiger charge is 2.45. The van der Waals surface area contributed by atoms with Crippen LogP contribution in [0.25, 0.3) is 0 Å². The minimum Gasteiger partial charge on any atom is -0.414 e.